The number of benzene rings is 1. The standard InChI is InChI=1S/C15H13F3O6/c16-15(17,18)24-12-7-5-11(6-8-12)23-13(20)4-2-1-3-10(9-19)14(21)22/h3,5-9H,1-2,4H2,(H,21,22). The lowest BCUT2D eigenvalue weighted by atomic mass is 10.2. The van der Waals surface area contributed by atoms with E-state index in [9.17, 15) is 27.6 Å². The quantitative estimate of drug-likeness (QED) is 0.148. The average molecular weight is 346 g/mol. The minimum atomic E-state index is -4.80. The van der Waals surface area contributed by atoms with Crippen LogP contribution in [0.4, 0.5) is 13.2 Å². The number of carboxylic acids is 1. The molecule has 0 amide bonds. The number of allylic oxidation sites excluding steroid dienone is 1. The summed E-state index contributed by atoms with van der Waals surface area (Å²) in [6.07, 6.45) is -3.03. The van der Waals surface area contributed by atoms with Crippen LogP contribution in [0.1, 0.15) is 19.3 Å². The molecular formula is C15H13F3O6. The SMILES string of the molecule is O=CC(=CCCCC(=O)Oc1ccc(OC(F)(F)F)cc1)C(=O)O. The van der Waals surface area contributed by atoms with Gasteiger partial charge in [-0.25, -0.2) is 4.79 Å². The molecule has 0 saturated heterocycles. The fourth-order valence-electron chi connectivity index (χ4n) is 1.58. The molecule has 0 fully saturated rings. The third kappa shape index (κ3) is 7.43. The molecule has 0 bridgehead atoms. The van der Waals surface area contributed by atoms with Crippen LogP contribution in [0.25, 0.3) is 0 Å². The summed E-state index contributed by atoms with van der Waals surface area (Å²) >= 11 is 0. The van der Waals surface area contributed by atoms with Crippen LogP contribution in [0.2, 0.25) is 0 Å². The Morgan fingerprint density at radius 3 is 2.21 bits per heavy atom. The average Bonchev–Trinajstić information content (AvgIpc) is 2.47. The van der Waals surface area contributed by atoms with Crippen LogP contribution in [0.5, 0.6) is 11.5 Å². The van der Waals surface area contributed by atoms with Crippen molar-refractivity contribution in [2.75, 3.05) is 0 Å². The van der Waals surface area contributed by atoms with Gasteiger partial charge in [-0.3, -0.25) is 9.59 Å². The topological polar surface area (TPSA) is 89.9 Å². The van der Waals surface area contributed by atoms with E-state index in [1.165, 1.54) is 6.08 Å². The highest BCUT2D eigenvalue weighted by atomic mass is 19.4. The Hall–Kier alpha value is -2.84. The third-order valence-corrected chi connectivity index (χ3v) is 2.61. The normalized spacial score (nSPS) is 11.7. The summed E-state index contributed by atoms with van der Waals surface area (Å²) in [6.45, 7) is 0. The maximum Gasteiger partial charge on any atom is 0.573 e. The molecule has 0 aromatic heterocycles. The molecule has 1 rings (SSSR count). The number of carboxylic acid groups (broad SMARTS) is 1. The van der Waals surface area contributed by atoms with Gasteiger partial charge in [-0.05, 0) is 37.1 Å². The van der Waals surface area contributed by atoms with Gasteiger partial charge in [0.2, 0.25) is 0 Å². The second-order valence-corrected chi connectivity index (χ2v) is 4.47. The van der Waals surface area contributed by atoms with Crippen molar-refractivity contribution >= 4 is 18.2 Å². The van der Waals surface area contributed by atoms with Gasteiger partial charge in [-0.2, -0.15) is 0 Å². The van der Waals surface area contributed by atoms with Crippen molar-refractivity contribution in [2.24, 2.45) is 0 Å². The van der Waals surface area contributed by atoms with E-state index in [1.807, 2.05) is 0 Å². The predicted molar refractivity (Wildman–Crippen MR) is 74.4 cm³/mol. The molecule has 0 aliphatic heterocycles. The van der Waals surface area contributed by atoms with Gasteiger partial charge in [-0.15, -0.1) is 13.2 Å². The zero-order chi connectivity index (χ0) is 18.2. The van der Waals surface area contributed by atoms with Crippen molar-refractivity contribution in [2.45, 2.75) is 25.6 Å². The number of hydrogen-bond donors (Lipinski definition) is 1. The number of rotatable bonds is 8. The van der Waals surface area contributed by atoms with E-state index in [0.717, 1.165) is 24.3 Å². The van der Waals surface area contributed by atoms with E-state index in [1.54, 1.807) is 0 Å². The molecule has 0 heterocycles. The van der Waals surface area contributed by atoms with Crippen molar-refractivity contribution in [1.29, 1.82) is 0 Å². The number of ether oxygens (including phenoxy) is 2. The number of esters is 1. The van der Waals surface area contributed by atoms with Gasteiger partial charge in [0, 0.05) is 6.42 Å². The van der Waals surface area contributed by atoms with Crippen LogP contribution in [0.3, 0.4) is 0 Å². The van der Waals surface area contributed by atoms with E-state index in [2.05, 4.69) is 4.74 Å². The first-order valence-electron chi connectivity index (χ1n) is 6.66. The first-order chi connectivity index (χ1) is 11.2. The van der Waals surface area contributed by atoms with Crippen LogP contribution in [-0.2, 0) is 14.4 Å². The molecule has 9 heteroatoms. The molecule has 0 aliphatic rings. The summed E-state index contributed by atoms with van der Waals surface area (Å²) in [6, 6.07) is 4.30. The molecule has 24 heavy (non-hydrogen) atoms. The molecule has 1 N–H and O–H groups in total. The van der Waals surface area contributed by atoms with Crippen molar-refractivity contribution in [3.8, 4) is 11.5 Å². The largest absolute Gasteiger partial charge is 0.573 e. The van der Waals surface area contributed by atoms with Gasteiger partial charge in [0.25, 0.3) is 0 Å². The Balaban J connectivity index is 2.43. The minimum Gasteiger partial charge on any atom is -0.478 e. The summed E-state index contributed by atoms with van der Waals surface area (Å²) in [5.74, 6) is -2.39. The number of unbranched alkanes of at least 4 members (excludes halogenated alkanes) is 1. The number of carbonyl (C=O) groups is 3. The Morgan fingerprint density at radius 1 is 1.12 bits per heavy atom. The molecule has 0 saturated carbocycles. The molecule has 0 atom stereocenters. The van der Waals surface area contributed by atoms with Gasteiger partial charge in [0.15, 0.2) is 6.29 Å². The monoisotopic (exact) mass is 346 g/mol. The lowest BCUT2D eigenvalue weighted by Gasteiger charge is -2.09. The van der Waals surface area contributed by atoms with Crippen LogP contribution in [-0.4, -0.2) is 29.7 Å². The lowest BCUT2D eigenvalue weighted by molar-refractivity contribution is -0.274. The fraction of sp³-hybridized carbons (Fsp3) is 0.267. The first kappa shape index (κ1) is 19.2. The smallest absolute Gasteiger partial charge is 0.478 e. The van der Waals surface area contributed by atoms with E-state index >= 15 is 0 Å². The fourth-order valence-corrected chi connectivity index (χ4v) is 1.58. The molecule has 0 radical (unpaired) electrons. The predicted octanol–water partition coefficient (Wildman–Crippen LogP) is 2.87. The number of alkyl halides is 3. The van der Waals surface area contributed by atoms with Gasteiger partial charge < -0.3 is 14.6 Å². The molecule has 0 unspecified atom stereocenters. The molecule has 1 aromatic rings. The molecule has 1 aromatic carbocycles. The van der Waals surface area contributed by atoms with Crippen LogP contribution >= 0.6 is 0 Å². The van der Waals surface area contributed by atoms with Crippen LogP contribution in [0.15, 0.2) is 35.9 Å². The third-order valence-electron chi connectivity index (χ3n) is 2.61. The molecule has 6 nitrogen and oxygen atoms in total. The zero-order valence-corrected chi connectivity index (χ0v) is 12.2. The van der Waals surface area contributed by atoms with E-state index in [-0.39, 0.29) is 31.3 Å². The van der Waals surface area contributed by atoms with Crippen molar-refractivity contribution in [1.82, 2.24) is 0 Å². The van der Waals surface area contributed by atoms with E-state index < -0.39 is 29.6 Å². The van der Waals surface area contributed by atoms with Crippen molar-refractivity contribution in [3.63, 3.8) is 0 Å². The molecule has 0 spiro atoms. The summed E-state index contributed by atoms with van der Waals surface area (Å²) in [5, 5.41) is 8.60. The Bertz CT molecular complexity index is 619. The van der Waals surface area contributed by atoms with Crippen LogP contribution in [0, 0.1) is 0 Å². The van der Waals surface area contributed by atoms with E-state index in [0.29, 0.717) is 0 Å². The summed E-state index contributed by atoms with van der Waals surface area (Å²) < 4.78 is 44.5. The van der Waals surface area contributed by atoms with E-state index in [4.69, 9.17) is 9.84 Å². The summed E-state index contributed by atoms with van der Waals surface area (Å²) in [7, 11) is 0. The number of aliphatic carboxylic acids is 1. The number of halogens is 3. The Kier molecular flexibility index (Phi) is 6.97. The molecular weight excluding hydrogens is 333 g/mol. The Labute approximate surface area is 134 Å². The molecule has 130 valence electrons. The van der Waals surface area contributed by atoms with Gasteiger partial charge >= 0.3 is 18.3 Å². The summed E-state index contributed by atoms with van der Waals surface area (Å²) in [4.78, 5) is 32.5. The van der Waals surface area contributed by atoms with Gasteiger partial charge in [-0.1, -0.05) is 6.08 Å². The highest BCUT2D eigenvalue weighted by Gasteiger charge is 2.31. The second kappa shape index (κ2) is 8.70. The number of carbonyl (C=O) groups excluding carboxylic acids is 2. The number of aldehydes is 1. The van der Waals surface area contributed by atoms with Crippen molar-refractivity contribution in [3.05, 3.63) is 35.9 Å². The highest BCUT2D eigenvalue weighted by Crippen LogP contribution is 2.24. The highest BCUT2D eigenvalue weighted by molar-refractivity contribution is 6.06. The van der Waals surface area contributed by atoms with Gasteiger partial charge in [0.05, 0.1) is 5.57 Å². The second-order valence-electron chi connectivity index (χ2n) is 4.47. The number of hydrogen-bond acceptors (Lipinski definition) is 5. The Morgan fingerprint density at radius 2 is 1.71 bits per heavy atom. The molecule has 0 aliphatic carbocycles. The summed E-state index contributed by atoms with van der Waals surface area (Å²) in [5.41, 5.74) is -0.399. The first-order valence-corrected chi connectivity index (χ1v) is 6.66. The zero-order valence-electron chi connectivity index (χ0n) is 12.2. The van der Waals surface area contributed by atoms with Crippen LogP contribution < -0.4 is 9.47 Å². The maximum atomic E-state index is 12.0. The lowest BCUT2D eigenvalue weighted by Crippen LogP contribution is -2.17. The minimum absolute atomic E-state index is 0.0455. The van der Waals surface area contributed by atoms with Gasteiger partial charge in [0.1, 0.15) is 11.5 Å². The van der Waals surface area contributed by atoms with Crippen molar-refractivity contribution < 1.29 is 42.1 Å². The maximum absolute atomic E-state index is 12.0.